The van der Waals surface area contributed by atoms with Gasteiger partial charge < -0.3 is 10.2 Å². The molecule has 1 N–H and O–H groups in total. The van der Waals surface area contributed by atoms with E-state index in [2.05, 4.69) is 5.32 Å². The van der Waals surface area contributed by atoms with Crippen LogP contribution in [0.4, 0.5) is 4.39 Å². The third kappa shape index (κ3) is 2.96. The number of hydrogen-bond donors (Lipinski definition) is 1. The number of benzene rings is 1. The Labute approximate surface area is 106 Å². The van der Waals surface area contributed by atoms with Crippen molar-refractivity contribution >= 4 is 12.0 Å². The average Bonchev–Trinajstić information content (AvgIpc) is 2.90. The van der Waals surface area contributed by atoms with Crippen LogP contribution in [0.3, 0.4) is 0 Å². The summed E-state index contributed by atoms with van der Waals surface area (Å²) in [5.41, 5.74) is 0.434. The van der Waals surface area contributed by atoms with Crippen molar-refractivity contribution in [1.82, 2.24) is 10.2 Å². The van der Waals surface area contributed by atoms with E-state index in [9.17, 15) is 9.18 Å². The lowest BCUT2D eigenvalue weighted by molar-refractivity contribution is -0.126. The maximum atomic E-state index is 13.4. The molecule has 1 fully saturated rings. The van der Waals surface area contributed by atoms with Gasteiger partial charge >= 0.3 is 0 Å². The van der Waals surface area contributed by atoms with Gasteiger partial charge in [-0.25, -0.2) is 4.39 Å². The zero-order chi connectivity index (χ0) is 13.0. The molecule has 0 spiro atoms. The van der Waals surface area contributed by atoms with E-state index in [1.165, 1.54) is 18.2 Å². The number of rotatable bonds is 3. The van der Waals surface area contributed by atoms with E-state index < -0.39 is 0 Å². The third-order valence-corrected chi connectivity index (χ3v) is 3.24. The van der Waals surface area contributed by atoms with Crippen LogP contribution in [0.1, 0.15) is 12.0 Å². The summed E-state index contributed by atoms with van der Waals surface area (Å²) in [4.78, 5) is 13.6. The molecule has 18 heavy (non-hydrogen) atoms. The van der Waals surface area contributed by atoms with Crippen LogP contribution in [-0.2, 0) is 4.79 Å². The first kappa shape index (κ1) is 12.8. The fourth-order valence-corrected chi connectivity index (χ4v) is 2.04. The van der Waals surface area contributed by atoms with Gasteiger partial charge in [0.1, 0.15) is 5.82 Å². The van der Waals surface area contributed by atoms with E-state index in [4.69, 9.17) is 0 Å². The molecule has 1 amide bonds. The van der Waals surface area contributed by atoms with Gasteiger partial charge in [-0.15, -0.1) is 0 Å². The Morgan fingerprint density at radius 1 is 1.50 bits per heavy atom. The second kappa shape index (κ2) is 5.78. The van der Waals surface area contributed by atoms with Gasteiger partial charge in [-0.2, -0.15) is 0 Å². The Morgan fingerprint density at radius 3 is 2.94 bits per heavy atom. The van der Waals surface area contributed by atoms with Gasteiger partial charge in [0.05, 0.1) is 0 Å². The Kier molecular flexibility index (Phi) is 4.10. The van der Waals surface area contributed by atoms with Crippen LogP contribution < -0.4 is 5.32 Å². The van der Waals surface area contributed by atoms with Crippen molar-refractivity contribution in [2.45, 2.75) is 12.5 Å². The number of carbonyl (C=O) groups is 1. The fourth-order valence-electron chi connectivity index (χ4n) is 2.04. The number of halogens is 1. The highest BCUT2D eigenvalue weighted by atomic mass is 19.1. The average molecular weight is 248 g/mol. The van der Waals surface area contributed by atoms with Crippen LogP contribution in [0.5, 0.6) is 0 Å². The number of likely N-dealkylation sites (N-methyl/N-ethyl adjacent to an activating group) is 1. The van der Waals surface area contributed by atoms with Crippen LogP contribution >= 0.6 is 0 Å². The van der Waals surface area contributed by atoms with E-state index in [1.54, 1.807) is 30.1 Å². The van der Waals surface area contributed by atoms with Gasteiger partial charge in [0.15, 0.2) is 0 Å². The predicted molar refractivity (Wildman–Crippen MR) is 69.5 cm³/mol. The van der Waals surface area contributed by atoms with Crippen molar-refractivity contribution in [2.24, 2.45) is 0 Å². The van der Waals surface area contributed by atoms with E-state index in [0.717, 1.165) is 19.5 Å². The molecular formula is C14H17FN2O. The van der Waals surface area contributed by atoms with Crippen molar-refractivity contribution < 1.29 is 9.18 Å². The monoisotopic (exact) mass is 248 g/mol. The summed E-state index contributed by atoms with van der Waals surface area (Å²) in [5, 5.41) is 3.21. The normalized spacial score (nSPS) is 19.3. The standard InChI is InChI=1S/C14H17FN2O/c1-17(12-8-9-16-10-12)14(18)7-6-11-4-2-3-5-13(11)15/h2-7,12,16H,8-10H2,1H3/b7-6+. The van der Waals surface area contributed by atoms with Crippen molar-refractivity contribution in [3.63, 3.8) is 0 Å². The first-order chi connectivity index (χ1) is 8.68. The SMILES string of the molecule is CN(C(=O)/C=C/c1ccccc1F)C1CCNC1. The Balaban J connectivity index is 2.00. The second-order valence-corrected chi connectivity index (χ2v) is 4.45. The first-order valence-corrected chi connectivity index (χ1v) is 6.08. The first-order valence-electron chi connectivity index (χ1n) is 6.08. The quantitative estimate of drug-likeness (QED) is 0.825. The highest BCUT2D eigenvalue weighted by molar-refractivity contribution is 5.91. The van der Waals surface area contributed by atoms with E-state index in [1.807, 2.05) is 0 Å². The minimum absolute atomic E-state index is 0.0908. The molecular weight excluding hydrogens is 231 g/mol. The van der Waals surface area contributed by atoms with Gasteiger partial charge in [0.25, 0.3) is 0 Å². The molecule has 0 aromatic heterocycles. The summed E-state index contributed by atoms with van der Waals surface area (Å²) >= 11 is 0. The molecule has 1 saturated heterocycles. The van der Waals surface area contributed by atoms with Crippen molar-refractivity contribution in [1.29, 1.82) is 0 Å². The van der Waals surface area contributed by atoms with Gasteiger partial charge in [0, 0.05) is 31.3 Å². The Morgan fingerprint density at radius 2 is 2.28 bits per heavy atom. The zero-order valence-corrected chi connectivity index (χ0v) is 10.4. The number of carbonyl (C=O) groups excluding carboxylic acids is 1. The van der Waals surface area contributed by atoms with Crippen molar-refractivity contribution in [3.05, 3.63) is 41.7 Å². The molecule has 0 aliphatic carbocycles. The number of nitrogens with zero attached hydrogens (tertiary/aromatic N) is 1. The van der Waals surface area contributed by atoms with Crippen molar-refractivity contribution in [2.75, 3.05) is 20.1 Å². The molecule has 1 aromatic rings. The van der Waals surface area contributed by atoms with Crippen LogP contribution in [0, 0.1) is 5.82 Å². The number of amides is 1. The topological polar surface area (TPSA) is 32.3 Å². The maximum Gasteiger partial charge on any atom is 0.246 e. The summed E-state index contributed by atoms with van der Waals surface area (Å²) in [6, 6.07) is 6.65. The van der Waals surface area contributed by atoms with Crippen LogP contribution in [0.25, 0.3) is 6.08 Å². The lowest BCUT2D eigenvalue weighted by Crippen LogP contribution is -2.37. The molecule has 2 rings (SSSR count). The molecule has 0 saturated carbocycles. The minimum Gasteiger partial charge on any atom is -0.338 e. The lowest BCUT2D eigenvalue weighted by atomic mass is 10.2. The molecule has 1 aliphatic heterocycles. The van der Waals surface area contributed by atoms with Crippen LogP contribution in [0.15, 0.2) is 30.3 Å². The van der Waals surface area contributed by atoms with E-state index >= 15 is 0 Å². The molecule has 1 unspecified atom stereocenters. The third-order valence-electron chi connectivity index (χ3n) is 3.24. The molecule has 1 aliphatic rings. The molecule has 1 heterocycles. The van der Waals surface area contributed by atoms with Crippen LogP contribution in [0.2, 0.25) is 0 Å². The van der Waals surface area contributed by atoms with E-state index in [0.29, 0.717) is 5.56 Å². The summed E-state index contributed by atoms with van der Waals surface area (Å²) < 4.78 is 13.4. The fraction of sp³-hybridized carbons (Fsp3) is 0.357. The molecule has 3 nitrogen and oxygen atoms in total. The largest absolute Gasteiger partial charge is 0.338 e. The smallest absolute Gasteiger partial charge is 0.246 e. The lowest BCUT2D eigenvalue weighted by Gasteiger charge is -2.22. The summed E-state index contributed by atoms with van der Waals surface area (Å²) in [6.45, 7) is 1.77. The highest BCUT2D eigenvalue weighted by Gasteiger charge is 2.21. The Hall–Kier alpha value is -1.68. The zero-order valence-electron chi connectivity index (χ0n) is 10.4. The summed E-state index contributed by atoms with van der Waals surface area (Å²) in [7, 11) is 1.78. The van der Waals surface area contributed by atoms with Gasteiger partial charge in [-0.05, 0) is 25.1 Å². The molecule has 96 valence electrons. The minimum atomic E-state index is -0.313. The second-order valence-electron chi connectivity index (χ2n) is 4.45. The Bertz CT molecular complexity index is 453. The molecule has 4 heteroatoms. The summed E-state index contributed by atoms with van der Waals surface area (Å²) in [6.07, 6.45) is 3.92. The maximum absolute atomic E-state index is 13.4. The van der Waals surface area contributed by atoms with Crippen molar-refractivity contribution in [3.8, 4) is 0 Å². The summed E-state index contributed by atoms with van der Waals surface area (Å²) in [5.74, 6) is -0.404. The van der Waals surface area contributed by atoms with Gasteiger partial charge in [0.2, 0.25) is 5.91 Å². The number of nitrogens with one attached hydrogen (secondary N) is 1. The predicted octanol–water partition coefficient (Wildman–Crippen LogP) is 1.66. The molecule has 0 radical (unpaired) electrons. The van der Waals surface area contributed by atoms with Crippen LogP contribution in [-0.4, -0.2) is 37.0 Å². The molecule has 0 bridgehead atoms. The molecule has 1 atom stereocenters. The van der Waals surface area contributed by atoms with E-state index in [-0.39, 0.29) is 17.8 Å². The van der Waals surface area contributed by atoms with Gasteiger partial charge in [-0.3, -0.25) is 4.79 Å². The van der Waals surface area contributed by atoms with Gasteiger partial charge in [-0.1, -0.05) is 18.2 Å². The number of hydrogen-bond acceptors (Lipinski definition) is 2. The highest BCUT2D eigenvalue weighted by Crippen LogP contribution is 2.10. The molecule has 1 aromatic carbocycles.